The van der Waals surface area contributed by atoms with Gasteiger partial charge in [-0.3, -0.25) is 4.79 Å². The van der Waals surface area contributed by atoms with Crippen molar-refractivity contribution in [1.29, 1.82) is 0 Å². The molecule has 1 unspecified atom stereocenters. The monoisotopic (exact) mass is 224 g/mol. The number of oxazole rings is 1. The minimum absolute atomic E-state index is 0.0898. The molecule has 1 aromatic rings. The molecule has 0 saturated carbocycles. The molecule has 16 heavy (non-hydrogen) atoms. The molecule has 1 saturated heterocycles. The van der Waals surface area contributed by atoms with Gasteiger partial charge in [-0.1, -0.05) is 0 Å². The summed E-state index contributed by atoms with van der Waals surface area (Å²) in [5.41, 5.74) is 0. The summed E-state index contributed by atoms with van der Waals surface area (Å²) < 4.78 is 5.39. The lowest BCUT2D eigenvalue weighted by Gasteiger charge is -2.17. The molecule has 5 heteroatoms. The Balaban J connectivity index is 1.94. The molecule has 88 valence electrons. The Labute approximate surface area is 94.1 Å². The zero-order valence-electron chi connectivity index (χ0n) is 9.35. The largest absolute Gasteiger partial charge is 0.481 e. The van der Waals surface area contributed by atoms with E-state index in [0.717, 1.165) is 19.4 Å². The second-order valence-electron chi connectivity index (χ2n) is 4.27. The van der Waals surface area contributed by atoms with Gasteiger partial charge in [-0.15, -0.1) is 0 Å². The number of hydrogen-bond acceptors (Lipinski definition) is 4. The average Bonchev–Trinajstić information content (AvgIpc) is 2.77. The lowest BCUT2D eigenvalue weighted by molar-refractivity contribution is -0.136. The normalized spacial score (nSPS) is 21.4. The van der Waals surface area contributed by atoms with Crippen LogP contribution in [0.25, 0.3) is 0 Å². The van der Waals surface area contributed by atoms with Crippen molar-refractivity contribution in [1.82, 2.24) is 9.88 Å². The second kappa shape index (κ2) is 4.65. The maximum atomic E-state index is 10.5. The van der Waals surface area contributed by atoms with Crippen molar-refractivity contribution in [3.05, 3.63) is 17.8 Å². The molecule has 5 nitrogen and oxygen atoms in total. The summed E-state index contributed by atoms with van der Waals surface area (Å²) in [5.74, 6) is 0.193. The number of likely N-dealkylation sites (N-methyl/N-ethyl adjacent to an activating group) is 1. The average molecular weight is 224 g/mol. The van der Waals surface area contributed by atoms with Crippen molar-refractivity contribution in [3.63, 3.8) is 0 Å². The van der Waals surface area contributed by atoms with E-state index in [1.165, 1.54) is 12.6 Å². The fourth-order valence-corrected chi connectivity index (χ4v) is 2.11. The van der Waals surface area contributed by atoms with Gasteiger partial charge in [0.1, 0.15) is 12.2 Å². The molecule has 0 spiro atoms. The number of aliphatic carboxylic acids is 1. The first-order valence-electron chi connectivity index (χ1n) is 5.51. The number of hydrogen-bond donors (Lipinski definition) is 1. The van der Waals surface area contributed by atoms with Gasteiger partial charge in [0.2, 0.25) is 0 Å². The maximum absolute atomic E-state index is 10.5. The fraction of sp³-hybridized carbons (Fsp3) is 0.636. The summed E-state index contributed by atoms with van der Waals surface area (Å²) in [7, 11) is 2.10. The van der Waals surface area contributed by atoms with Crippen LogP contribution in [0.4, 0.5) is 0 Å². The van der Waals surface area contributed by atoms with E-state index < -0.39 is 5.97 Å². The predicted molar refractivity (Wildman–Crippen MR) is 57.2 cm³/mol. The Morgan fingerprint density at radius 1 is 1.75 bits per heavy atom. The van der Waals surface area contributed by atoms with Crippen LogP contribution in [0, 0.1) is 0 Å². The number of nitrogens with zero attached hydrogens (tertiary/aromatic N) is 2. The highest BCUT2D eigenvalue weighted by molar-refractivity contribution is 5.69. The Kier molecular flexibility index (Phi) is 3.24. The van der Waals surface area contributed by atoms with Gasteiger partial charge < -0.3 is 14.4 Å². The molecule has 1 aliphatic rings. The summed E-state index contributed by atoms with van der Waals surface area (Å²) in [5, 5.41) is 8.61. The number of aromatic nitrogens is 1. The third-order valence-electron chi connectivity index (χ3n) is 3.01. The zero-order chi connectivity index (χ0) is 11.5. The minimum atomic E-state index is -0.888. The molecule has 1 N–H and O–H groups in total. The van der Waals surface area contributed by atoms with Crippen LogP contribution in [-0.4, -0.2) is 40.6 Å². The molecular weight excluding hydrogens is 208 g/mol. The molecule has 0 aromatic carbocycles. The van der Waals surface area contributed by atoms with Crippen molar-refractivity contribution < 1.29 is 14.3 Å². The topological polar surface area (TPSA) is 66.6 Å². The molecule has 0 aliphatic carbocycles. The molecule has 1 aliphatic heterocycles. The van der Waals surface area contributed by atoms with Crippen LogP contribution in [0.1, 0.15) is 24.5 Å². The predicted octanol–water partition coefficient (Wildman–Crippen LogP) is 0.938. The van der Waals surface area contributed by atoms with Crippen molar-refractivity contribution >= 4 is 5.97 Å². The van der Waals surface area contributed by atoms with E-state index in [0.29, 0.717) is 17.7 Å². The third-order valence-corrected chi connectivity index (χ3v) is 3.01. The molecule has 1 atom stereocenters. The van der Waals surface area contributed by atoms with E-state index in [-0.39, 0.29) is 6.42 Å². The van der Waals surface area contributed by atoms with Crippen LogP contribution in [-0.2, 0) is 17.6 Å². The molecule has 2 heterocycles. The van der Waals surface area contributed by atoms with E-state index in [1.54, 1.807) is 0 Å². The second-order valence-corrected chi connectivity index (χ2v) is 4.27. The van der Waals surface area contributed by atoms with Gasteiger partial charge in [-0.25, -0.2) is 4.98 Å². The van der Waals surface area contributed by atoms with Crippen molar-refractivity contribution in [2.75, 3.05) is 13.6 Å². The van der Waals surface area contributed by atoms with Gasteiger partial charge in [0.25, 0.3) is 0 Å². The highest BCUT2D eigenvalue weighted by atomic mass is 16.4. The molecule has 0 bridgehead atoms. The fourth-order valence-electron chi connectivity index (χ4n) is 2.11. The maximum Gasteiger partial charge on any atom is 0.311 e. The van der Waals surface area contributed by atoms with Gasteiger partial charge in [-0.2, -0.15) is 0 Å². The van der Waals surface area contributed by atoms with Gasteiger partial charge >= 0.3 is 5.97 Å². The molecule has 1 aromatic heterocycles. The van der Waals surface area contributed by atoms with Crippen LogP contribution < -0.4 is 0 Å². The van der Waals surface area contributed by atoms with E-state index in [9.17, 15) is 4.79 Å². The van der Waals surface area contributed by atoms with Gasteiger partial charge in [0, 0.05) is 12.5 Å². The lowest BCUT2D eigenvalue weighted by Crippen LogP contribution is -2.26. The van der Waals surface area contributed by atoms with Gasteiger partial charge in [0.15, 0.2) is 5.89 Å². The summed E-state index contributed by atoms with van der Waals surface area (Å²) in [6.45, 7) is 1.12. The number of likely N-dealkylation sites (tertiary alicyclic amines) is 1. The summed E-state index contributed by atoms with van der Waals surface area (Å²) >= 11 is 0. The van der Waals surface area contributed by atoms with Crippen LogP contribution in [0.3, 0.4) is 0 Å². The van der Waals surface area contributed by atoms with Crippen molar-refractivity contribution in [3.8, 4) is 0 Å². The minimum Gasteiger partial charge on any atom is -0.481 e. The van der Waals surface area contributed by atoms with Crippen LogP contribution >= 0.6 is 0 Å². The first-order valence-corrected chi connectivity index (χ1v) is 5.51. The van der Waals surface area contributed by atoms with Crippen LogP contribution in [0.5, 0.6) is 0 Å². The van der Waals surface area contributed by atoms with E-state index in [1.807, 2.05) is 0 Å². The van der Waals surface area contributed by atoms with Crippen molar-refractivity contribution in [2.45, 2.75) is 31.7 Å². The number of rotatable bonds is 4. The zero-order valence-corrected chi connectivity index (χ0v) is 9.35. The highest BCUT2D eigenvalue weighted by Crippen LogP contribution is 2.19. The standard InChI is InChI=1S/C11H16N2O3/c1-13-4-2-3-8(13)5-10-12-7-9(16-10)6-11(14)15/h7-8H,2-6H2,1H3,(H,14,15). The lowest BCUT2D eigenvalue weighted by atomic mass is 10.1. The third kappa shape index (κ3) is 2.61. The van der Waals surface area contributed by atoms with E-state index in [4.69, 9.17) is 9.52 Å². The Morgan fingerprint density at radius 3 is 3.19 bits per heavy atom. The SMILES string of the molecule is CN1CCCC1Cc1ncc(CC(=O)O)o1. The van der Waals surface area contributed by atoms with Crippen LogP contribution in [0.15, 0.2) is 10.6 Å². The smallest absolute Gasteiger partial charge is 0.311 e. The number of carboxylic acids is 1. The number of carboxylic acid groups (broad SMARTS) is 1. The van der Waals surface area contributed by atoms with E-state index >= 15 is 0 Å². The first-order chi connectivity index (χ1) is 7.65. The Hall–Kier alpha value is -1.36. The molecule has 0 radical (unpaired) electrons. The Morgan fingerprint density at radius 2 is 2.56 bits per heavy atom. The molecular formula is C11H16N2O3. The number of carbonyl (C=O) groups is 1. The highest BCUT2D eigenvalue weighted by Gasteiger charge is 2.23. The molecule has 0 amide bonds. The molecule has 1 fully saturated rings. The first kappa shape index (κ1) is 11.1. The summed E-state index contributed by atoms with van der Waals surface area (Å²) in [6, 6.07) is 0.483. The van der Waals surface area contributed by atoms with Crippen LogP contribution in [0.2, 0.25) is 0 Å². The Bertz CT molecular complexity index is 375. The van der Waals surface area contributed by atoms with Gasteiger partial charge in [-0.05, 0) is 26.4 Å². The van der Waals surface area contributed by atoms with E-state index in [2.05, 4.69) is 16.9 Å². The van der Waals surface area contributed by atoms with Crippen molar-refractivity contribution in [2.24, 2.45) is 0 Å². The molecule has 2 rings (SSSR count). The quantitative estimate of drug-likeness (QED) is 0.824. The van der Waals surface area contributed by atoms with Gasteiger partial charge in [0.05, 0.1) is 6.20 Å². The summed E-state index contributed by atoms with van der Waals surface area (Å²) in [6.07, 6.45) is 4.57. The summed E-state index contributed by atoms with van der Waals surface area (Å²) in [4.78, 5) is 16.9.